The highest BCUT2D eigenvalue weighted by Crippen LogP contribution is 2.28. The third kappa shape index (κ3) is 3.65. The van der Waals surface area contributed by atoms with Crippen LogP contribution in [0.5, 0.6) is 0 Å². The third-order valence-electron chi connectivity index (χ3n) is 3.98. The first-order valence-corrected chi connectivity index (χ1v) is 7.08. The fourth-order valence-corrected chi connectivity index (χ4v) is 2.57. The molecule has 11 heteroatoms. The highest BCUT2D eigenvalue weighted by Gasteiger charge is 2.50. The van der Waals surface area contributed by atoms with Crippen LogP contribution in [0, 0.1) is 0 Å². The highest BCUT2D eigenvalue weighted by atomic mass is 16.7. The van der Waals surface area contributed by atoms with Crippen LogP contribution >= 0.6 is 0 Å². The summed E-state index contributed by atoms with van der Waals surface area (Å²) >= 11 is 0. The molecular weight excluding hydrogens is 320 g/mol. The molecule has 0 spiro atoms. The summed E-state index contributed by atoms with van der Waals surface area (Å²) in [6.45, 7) is -1.35. The largest absolute Gasteiger partial charge is 0.394 e. The highest BCUT2D eigenvalue weighted by molar-refractivity contribution is 4.93. The van der Waals surface area contributed by atoms with E-state index in [1.54, 1.807) is 0 Å². The van der Waals surface area contributed by atoms with Gasteiger partial charge in [-0.2, -0.15) is 0 Å². The number of aliphatic hydroxyl groups is 8. The predicted octanol–water partition coefficient (Wildman–Crippen LogP) is -5.40. The van der Waals surface area contributed by atoms with Crippen LogP contribution < -0.4 is 0 Å². The van der Waals surface area contributed by atoms with E-state index in [0.717, 1.165) is 0 Å². The number of hydrogen-bond acceptors (Lipinski definition) is 11. The van der Waals surface area contributed by atoms with E-state index in [1.165, 1.54) is 0 Å². The van der Waals surface area contributed by atoms with Gasteiger partial charge in [-0.1, -0.05) is 0 Å². The molecule has 8 N–H and O–H groups in total. The summed E-state index contributed by atoms with van der Waals surface area (Å²) < 4.78 is 15.3. The van der Waals surface area contributed by atoms with Gasteiger partial charge in [0.25, 0.3) is 0 Å². The summed E-state index contributed by atoms with van der Waals surface area (Å²) in [5, 5.41) is 76.5. The molecule has 0 radical (unpaired) electrons. The topological polar surface area (TPSA) is 190 Å². The lowest BCUT2D eigenvalue weighted by molar-refractivity contribution is -0.355. The van der Waals surface area contributed by atoms with E-state index in [2.05, 4.69) is 0 Å². The Bertz CT molecular complexity index is 378. The van der Waals surface area contributed by atoms with E-state index >= 15 is 0 Å². The fourth-order valence-electron chi connectivity index (χ4n) is 2.57. The second-order valence-corrected chi connectivity index (χ2v) is 5.53. The van der Waals surface area contributed by atoms with E-state index in [-0.39, 0.29) is 0 Å². The Morgan fingerprint density at radius 1 is 0.652 bits per heavy atom. The Labute approximate surface area is 130 Å². The van der Waals surface area contributed by atoms with Crippen LogP contribution in [0.4, 0.5) is 0 Å². The number of hydrogen-bond donors (Lipinski definition) is 8. The Hall–Kier alpha value is -0.440. The molecule has 1 unspecified atom stereocenters. The minimum absolute atomic E-state index is 0.667. The molecule has 23 heavy (non-hydrogen) atoms. The predicted molar refractivity (Wildman–Crippen MR) is 68.6 cm³/mol. The standard InChI is InChI=1S/C12H22O11/c13-1-3-5(15)6(16)9(19)12(22-3)23-10-4(2-14)21-11(20)8(18)7(10)17/h3-20H,1-2H2/t3-,4-,5-,6+,7-,8-,9-,10?,11+,12+/m1/s1. The van der Waals surface area contributed by atoms with Gasteiger partial charge in [-0.05, 0) is 0 Å². The lowest BCUT2D eigenvalue weighted by Gasteiger charge is -2.45. The van der Waals surface area contributed by atoms with Crippen LogP contribution in [0.2, 0.25) is 0 Å². The molecule has 10 atom stereocenters. The maximum absolute atomic E-state index is 9.94. The van der Waals surface area contributed by atoms with Crippen LogP contribution in [0.25, 0.3) is 0 Å². The molecule has 2 fully saturated rings. The van der Waals surface area contributed by atoms with Crippen molar-refractivity contribution in [3.8, 4) is 0 Å². The van der Waals surface area contributed by atoms with Crippen molar-refractivity contribution in [2.75, 3.05) is 13.2 Å². The quantitative estimate of drug-likeness (QED) is 0.243. The zero-order valence-electron chi connectivity index (χ0n) is 12.0. The van der Waals surface area contributed by atoms with Gasteiger partial charge in [0.05, 0.1) is 13.2 Å². The van der Waals surface area contributed by atoms with E-state index < -0.39 is 74.6 Å². The Morgan fingerprint density at radius 2 is 1.26 bits per heavy atom. The molecule has 0 bridgehead atoms. The fraction of sp³-hybridized carbons (Fsp3) is 1.00. The Kier molecular flexibility index (Phi) is 6.27. The molecule has 2 rings (SSSR count). The van der Waals surface area contributed by atoms with Crippen molar-refractivity contribution in [1.82, 2.24) is 0 Å². The van der Waals surface area contributed by atoms with Crippen molar-refractivity contribution in [3.05, 3.63) is 0 Å². The van der Waals surface area contributed by atoms with Crippen LogP contribution in [-0.2, 0) is 14.2 Å². The van der Waals surface area contributed by atoms with Gasteiger partial charge in [-0.3, -0.25) is 0 Å². The van der Waals surface area contributed by atoms with Crippen LogP contribution in [0.1, 0.15) is 0 Å². The van der Waals surface area contributed by atoms with E-state index in [9.17, 15) is 35.7 Å². The summed E-state index contributed by atoms with van der Waals surface area (Å²) in [7, 11) is 0. The summed E-state index contributed by atoms with van der Waals surface area (Å²) in [4.78, 5) is 0. The average molecular weight is 342 g/mol. The molecule has 0 aromatic rings. The van der Waals surface area contributed by atoms with Crippen LogP contribution in [-0.4, -0.2) is 115 Å². The van der Waals surface area contributed by atoms with Crippen molar-refractivity contribution in [2.45, 2.75) is 61.4 Å². The number of rotatable bonds is 4. The third-order valence-corrected chi connectivity index (χ3v) is 3.98. The molecule has 11 nitrogen and oxygen atoms in total. The second-order valence-electron chi connectivity index (χ2n) is 5.53. The monoisotopic (exact) mass is 342 g/mol. The molecule has 0 amide bonds. The Morgan fingerprint density at radius 3 is 1.83 bits per heavy atom. The lowest BCUT2D eigenvalue weighted by atomic mass is 9.97. The molecule has 2 heterocycles. The summed E-state index contributed by atoms with van der Waals surface area (Å²) in [5.74, 6) is 0. The SMILES string of the molecule is OC[C@H]1O[C@H](O)[C@H](O)[C@@H](O)C1O[C@@H]1O[C@H](CO)[C@@H](O)[C@H](O)[C@H]1O. The van der Waals surface area contributed by atoms with Crippen molar-refractivity contribution in [2.24, 2.45) is 0 Å². The number of ether oxygens (including phenoxy) is 3. The first-order valence-electron chi connectivity index (χ1n) is 7.08. The maximum atomic E-state index is 9.94. The van der Waals surface area contributed by atoms with Gasteiger partial charge in [0, 0.05) is 0 Å². The molecule has 0 aromatic heterocycles. The smallest absolute Gasteiger partial charge is 0.187 e. The minimum atomic E-state index is -1.74. The molecule has 0 saturated carbocycles. The second kappa shape index (κ2) is 7.63. The molecular formula is C12H22O11. The van der Waals surface area contributed by atoms with E-state index in [1.807, 2.05) is 0 Å². The van der Waals surface area contributed by atoms with Crippen molar-refractivity contribution >= 4 is 0 Å². The minimum Gasteiger partial charge on any atom is -0.394 e. The van der Waals surface area contributed by atoms with E-state index in [0.29, 0.717) is 0 Å². The van der Waals surface area contributed by atoms with Gasteiger partial charge in [0.1, 0.15) is 48.8 Å². The summed E-state index contributed by atoms with van der Waals surface area (Å²) in [5.41, 5.74) is 0. The van der Waals surface area contributed by atoms with E-state index in [4.69, 9.17) is 19.3 Å². The van der Waals surface area contributed by atoms with Gasteiger partial charge >= 0.3 is 0 Å². The summed E-state index contributed by atoms with van der Waals surface area (Å²) in [6, 6.07) is 0. The zero-order valence-corrected chi connectivity index (χ0v) is 12.0. The zero-order chi connectivity index (χ0) is 17.3. The van der Waals surface area contributed by atoms with Gasteiger partial charge in [0.2, 0.25) is 0 Å². The Balaban J connectivity index is 2.11. The van der Waals surface area contributed by atoms with Gasteiger partial charge in [-0.25, -0.2) is 0 Å². The van der Waals surface area contributed by atoms with Crippen molar-refractivity contribution in [3.63, 3.8) is 0 Å². The van der Waals surface area contributed by atoms with Crippen molar-refractivity contribution in [1.29, 1.82) is 0 Å². The molecule has 136 valence electrons. The molecule has 2 aliphatic rings. The van der Waals surface area contributed by atoms with Crippen LogP contribution in [0.15, 0.2) is 0 Å². The molecule has 0 aliphatic carbocycles. The lowest BCUT2D eigenvalue weighted by Crippen LogP contribution is -2.64. The first kappa shape index (κ1) is 18.9. The maximum Gasteiger partial charge on any atom is 0.187 e. The van der Waals surface area contributed by atoms with Gasteiger partial charge < -0.3 is 55.1 Å². The summed E-state index contributed by atoms with van der Waals surface area (Å²) in [6.07, 6.45) is -15.6. The van der Waals surface area contributed by atoms with Gasteiger partial charge in [0.15, 0.2) is 12.6 Å². The molecule has 2 saturated heterocycles. The molecule has 2 aliphatic heterocycles. The van der Waals surface area contributed by atoms with Crippen molar-refractivity contribution < 1.29 is 55.1 Å². The van der Waals surface area contributed by atoms with Crippen LogP contribution in [0.3, 0.4) is 0 Å². The molecule has 0 aromatic carbocycles. The number of aliphatic hydroxyl groups excluding tert-OH is 8. The normalized spacial score (nSPS) is 51.7. The average Bonchev–Trinajstić information content (AvgIpc) is 2.55. The van der Waals surface area contributed by atoms with Gasteiger partial charge in [-0.15, -0.1) is 0 Å². The first-order chi connectivity index (χ1) is 10.8.